The number of carbonyl (C=O) groups is 2. The summed E-state index contributed by atoms with van der Waals surface area (Å²) in [5, 5.41) is 4.99. The highest BCUT2D eigenvalue weighted by Gasteiger charge is 2.39. The summed E-state index contributed by atoms with van der Waals surface area (Å²) in [4.78, 5) is 28.8. The number of halogens is 4. The molecule has 1 heterocycles. The number of anilines is 1. The number of thioether (sulfide) groups is 1. The zero-order valence-corrected chi connectivity index (χ0v) is 20.1. The first-order valence-electron chi connectivity index (χ1n) is 9.32. The van der Waals surface area contributed by atoms with Crippen LogP contribution in [0.25, 0.3) is 0 Å². The maximum Gasteiger partial charge on any atom is 0.278 e. The van der Waals surface area contributed by atoms with Crippen molar-refractivity contribution in [3.8, 4) is 0 Å². The van der Waals surface area contributed by atoms with Crippen LogP contribution in [-0.2, 0) is 16.1 Å². The molecule has 3 aromatic carbocycles. The molecule has 2 amide bonds. The van der Waals surface area contributed by atoms with Crippen molar-refractivity contribution in [2.45, 2.75) is 11.4 Å². The fraction of sp³-hybridized carbons (Fsp3) is 0.0435. The van der Waals surface area contributed by atoms with Crippen LogP contribution in [0.5, 0.6) is 0 Å². The molecular weight excluding hydrogens is 510 g/mol. The Balaban J connectivity index is 1.69. The molecule has 0 radical (unpaired) electrons. The van der Waals surface area contributed by atoms with Crippen molar-refractivity contribution in [2.75, 3.05) is 5.32 Å². The van der Waals surface area contributed by atoms with E-state index in [4.69, 9.17) is 46.4 Å². The van der Waals surface area contributed by atoms with Crippen molar-refractivity contribution in [1.82, 2.24) is 4.90 Å². The maximum absolute atomic E-state index is 13.3. The lowest BCUT2D eigenvalue weighted by molar-refractivity contribution is -0.137. The van der Waals surface area contributed by atoms with E-state index < -0.39 is 11.8 Å². The number of nitrogens with one attached hydrogen (secondary N) is 1. The summed E-state index contributed by atoms with van der Waals surface area (Å²) in [7, 11) is 0. The number of carbonyl (C=O) groups excluding carboxylic acids is 2. The van der Waals surface area contributed by atoms with Gasteiger partial charge in [-0.25, -0.2) is 0 Å². The average molecular weight is 524 g/mol. The lowest BCUT2D eigenvalue weighted by Crippen LogP contribution is -2.32. The molecule has 3 aromatic rings. The van der Waals surface area contributed by atoms with Gasteiger partial charge in [0.25, 0.3) is 11.8 Å². The minimum absolute atomic E-state index is 0.0130. The second kappa shape index (κ2) is 9.77. The van der Waals surface area contributed by atoms with Gasteiger partial charge in [0.05, 0.1) is 6.54 Å². The second-order valence-electron chi connectivity index (χ2n) is 6.83. The first-order valence-corrected chi connectivity index (χ1v) is 11.6. The minimum Gasteiger partial charge on any atom is -0.350 e. The summed E-state index contributed by atoms with van der Waals surface area (Å²) in [6.07, 6.45) is 0. The molecular formula is C23H14Cl4N2O2S. The van der Waals surface area contributed by atoms with Crippen LogP contribution in [0.2, 0.25) is 20.1 Å². The van der Waals surface area contributed by atoms with Gasteiger partial charge in [-0.15, -0.1) is 0 Å². The number of amides is 2. The van der Waals surface area contributed by atoms with Gasteiger partial charge in [0.15, 0.2) is 0 Å². The molecule has 1 aliphatic heterocycles. The topological polar surface area (TPSA) is 49.4 Å². The third kappa shape index (κ3) is 5.08. The molecule has 0 bridgehead atoms. The number of hydrogen-bond acceptors (Lipinski definition) is 4. The molecule has 162 valence electrons. The van der Waals surface area contributed by atoms with Crippen LogP contribution in [0.4, 0.5) is 5.69 Å². The Morgan fingerprint density at radius 1 is 0.781 bits per heavy atom. The van der Waals surface area contributed by atoms with Crippen molar-refractivity contribution in [2.24, 2.45) is 0 Å². The Bertz CT molecular complexity index is 1240. The number of nitrogens with zero attached hydrogens (tertiary/aromatic N) is 1. The van der Waals surface area contributed by atoms with E-state index in [9.17, 15) is 9.59 Å². The number of benzene rings is 3. The van der Waals surface area contributed by atoms with Gasteiger partial charge in [-0.3, -0.25) is 14.5 Å². The highest BCUT2D eigenvalue weighted by Crippen LogP contribution is 2.37. The van der Waals surface area contributed by atoms with Gasteiger partial charge in [-0.2, -0.15) is 0 Å². The van der Waals surface area contributed by atoms with Crippen molar-refractivity contribution < 1.29 is 9.59 Å². The van der Waals surface area contributed by atoms with Crippen LogP contribution in [0.15, 0.2) is 82.2 Å². The lowest BCUT2D eigenvalue weighted by atomic mass is 10.2. The predicted octanol–water partition coefficient (Wildman–Crippen LogP) is 7.29. The highest BCUT2D eigenvalue weighted by molar-refractivity contribution is 8.04. The third-order valence-electron chi connectivity index (χ3n) is 4.60. The zero-order chi connectivity index (χ0) is 22.8. The fourth-order valence-electron chi connectivity index (χ4n) is 3.05. The van der Waals surface area contributed by atoms with Gasteiger partial charge in [-0.1, -0.05) is 70.3 Å². The van der Waals surface area contributed by atoms with Gasteiger partial charge >= 0.3 is 0 Å². The summed E-state index contributed by atoms with van der Waals surface area (Å²) < 4.78 is 0. The largest absolute Gasteiger partial charge is 0.350 e. The summed E-state index contributed by atoms with van der Waals surface area (Å²) in [5.41, 5.74) is 1.37. The van der Waals surface area contributed by atoms with Crippen molar-refractivity contribution in [3.05, 3.63) is 103 Å². The van der Waals surface area contributed by atoms with Crippen LogP contribution in [-0.4, -0.2) is 16.7 Å². The molecule has 0 spiro atoms. The lowest BCUT2D eigenvalue weighted by Gasteiger charge is -2.16. The molecule has 4 nitrogen and oxygen atoms in total. The molecule has 0 aromatic heterocycles. The summed E-state index contributed by atoms with van der Waals surface area (Å²) in [5.74, 6) is -0.886. The molecule has 0 saturated carbocycles. The molecule has 0 unspecified atom stereocenters. The van der Waals surface area contributed by atoms with Crippen LogP contribution in [0, 0.1) is 0 Å². The normalized spacial score (nSPS) is 13.8. The van der Waals surface area contributed by atoms with Crippen LogP contribution < -0.4 is 5.32 Å². The number of rotatable bonds is 6. The fourth-order valence-corrected chi connectivity index (χ4v) is 4.78. The van der Waals surface area contributed by atoms with E-state index in [-0.39, 0.29) is 17.1 Å². The maximum atomic E-state index is 13.3. The Kier molecular flexibility index (Phi) is 7.03. The number of hydrogen-bond donors (Lipinski definition) is 1. The van der Waals surface area contributed by atoms with Crippen LogP contribution in [0.3, 0.4) is 0 Å². The highest BCUT2D eigenvalue weighted by atomic mass is 35.5. The molecule has 4 rings (SSSR count). The molecule has 32 heavy (non-hydrogen) atoms. The molecule has 1 N–H and O–H groups in total. The monoisotopic (exact) mass is 522 g/mol. The number of imide groups is 1. The van der Waals surface area contributed by atoms with Gasteiger partial charge in [0.1, 0.15) is 10.6 Å². The van der Waals surface area contributed by atoms with Crippen LogP contribution in [0.1, 0.15) is 5.56 Å². The van der Waals surface area contributed by atoms with Crippen molar-refractivity contribution in [1.29, 1.82) is 0 Å². The predicted molar refractivity (Wildman–Crippen MR) is 131 cm³/mol. The molecule has 0 aliphatic carbocycles. The van der Waals surface area contributed by atoms with E-state index in [2.05, 4.69) is 5.32 Å². The standard InChI is InChI=1S/C23H14Cl4N2O2S/c24-14-6-8-18(9-7-14)32-21-20(28-17-3-1-2-15(25)10-17)22(30)29(23(21)31)12-13-4-5-16(26)11-19(13)27/h1-11,28H,12H2. The molecule has 9 heteroatoms. The smallest absolute Gasteiger partial charge is 0.278 e. The third-order valence-corrected chi connectivity index (χ3v) is 6.76. The zero-order valence-electron chi connectivity index (χ0n) is 16.2. The van der Waals surface area contributed by atoms with Gasteiger partial charge in [0.2, 0.25) is 0 Å². The molecule has 1 aliphatic rings. The Morgan fingerprint density at radius 3 is 2.16 bits per heavy atom. The summed E-state index contributed by atoms with van der Waals surface area (Å²) in [6.45, 7) is 0.0130. The Hall–Kier alpha value is -2.15. The summed E-state index contributed by atoms with van der Waals surface area (Å²) in [6, 6.07) is 18.9. The molecule has 0 fully saturated rings. The first-order chi connectivity index (χ1) is 15.3. The van der Waals surface area contributed by atoms with E-state index in [1.807, 2.05) is 0 Å². The van der Waals surface area contributed by atoms with Crippen molar-refractivity contribution in [3.63, 3.8) is 0 Å². The van der Waals surface area contributed by atoms with Gasteiger partial charge in [0, 0.05) is 30.7 Å². The van der Waals surface area contributed by atoms with E-state index in [0.29, 0.717) is 31.3 Å². The average Bonchev–Trinajstić information content (AvgIpc) is 2.96. The quantitative estimate of drug-likeness (QED) is 0.345. The molecule has 0 saturated heterocycles. The van der Waals surface area contributed by atoms with Gasteiger partial charge in [-0.05, 0) is 60.2 Å². The SMILES string of the molecule is O=C1C(Nc2cccc(Cl)c2)=C(Sc2ccc(Cl)cc2)C(=O)N1Cc1ccc(Cl)cc1Cl. The van der Waals surface area contributed by atoms with E-state index in [0.717, 1.165) is 9.80 Å². The van der Waals surface area contributed by atoms with Crippen molar-refractivity contribution >= 4 is 75.7 Å². The van der Waals surface area contributed by atoms with E-state index >= 15 is 0 Å². The minimum atomic E-state index is -0.461. The Labute approximate surface area is 209 Å². The van der Waals surface area contributed by atoms with Crippen LogP contribution >= 0.6 is 58.2 Å². The Morgan fingerprint density at radius 2 is 1.47 bits per heavy atom. The first kappa shape index (κ1) is 23.0. The summed E-state index contributed by atoms with van der Waals surface area (Å²) >= 11 is 25.5. The molecule has 0 atom stereocenters. The second-order valence-corrected chi connectivity index (χ2v) is 9.63. The van der Waals surface area contributed by atoms with E-state index in [1.54, 1.807) is 66.7 Å². The van der Waals surface area contributed by atoms with E-state index in [1.165, 1.54) is 11.8 Å². The van der Waals surface area contributed by atoms with Gasteiger partial charge < -0.3 is 5.32 Å².